The van der Waals surface area contributed by atoms with E-state index in [4.69, 9.17) is 5.73 Å². The summed E-state index contributed by atoms with van der Waals surface area (Å²) in [4.78, 5) is 14.3. The maximum absolute atomic E-state index is 12.2. The summed E-state index contributed by atoms with van der Waals surface area (Å²) in [6, 6.07) is 0.166. The number of nitrogens with one attached hydrogen (secondary N) is 1. The molecule has 17 heavy (non-hydrogen) atoms. The molecule has 3 N–H and O–H groups in total. The molecule has 0 spiro atoms. The minimum Gasteiger partial charge on any atom is -0.350 e. The van der Waals surface area contributed by atoms with Gasteiger partial charge in [-0.15, -0.1) is 0 Å². The monoisotopic (exact) mass is 241 g/mol. The molecule has 1 fully saturated rings. The zero-order valence-electron chi connectivity index (χ0n) is 11.8. The fraction of sp³-hybridized carbons (Fsp3) is 0.923. The predicted octanol–water partition coefficient (Wildman–Crippen LogP) is 0.816. The molecule has 0 saturated heterocycles. The molecular formula is C13H27N3O. The van der Waals surface area contributed by atoms with Crippen LogP contribution >= 0.6 is 0 Å². The van der Waals surface area contributed by atoms with E-state index in [-0.39, 0.29) is 11.9 Å². The van der Waals surface area contributed by atoms with E-state index >= 15 is 0 Å². The summed E-state index contributed by atoms with van der Waals surface area (Å²) in [6.07, 6.45) is 2.17. The third-order valence-corrected chi connectivity index (χ3v) is 3.60. The number of rotatable bonds is 6. The Morgan fingerprint density at radius 1 is 1.47 bits per heavy atom. The van der Waals surface area contributed by atoms with Gasteiger partial charge >= 0.3 is 0 Å². The molecule has 2 unspecified atom stereocenters. The van der Waals surface area contributed by atoms with Crippen molar-refractivity contribution in [1.29, 1.82) is 0 Å². The number of hydrogen-bond donors (Lipinski definition) is 2. The third kappa shape index (κ3) is 3.96. The topological polar surface area (TPSA) is 58.4 Å². The van der Waals surface area contributed by atoms with Gasteiger partial charge < -0.3 is 16.0 Å². The van der Waals surface area contributed by atoms with Crippen LogP contribution in [0.1, 0.15) is 33.6 Å². The highest BCUT2D eigenvalue weighted by molar-refractivity contribution is 5.86. The largest absolute Gasteiger partial charge is 0.350 e. The van der Waals surface area contributed by atoms with Crippen LogP contribution in [0.5, 0.6) is 0 Å². The van der Waals surface area contributed by atoms with Gasteiger partial charge in [-0.3, -0.25) is 4.79 Å². The Kier molecular flexibility index (Phi) is 4.55. The van der Waals surface area contributed by atoms with Gasteiger partial charge in [-0.05, 0) is 45.7 Å². The molecule has 4 heteroatoms. The van der Waals surface area contributed by atoms with E-state index in [2.05, 4.69) is 24.1 Å². The standard InChI is InChI=1S/C13H27N3O/c1-9(2)11(8-16(4)5)15-12(17)13(3,14)10-6-7-10/h9-11H,6-8,14H2,1-5H3,(H,15,17). The van der Waals surface area contributed by atoms with Crippen LogP contribution in [-0.2, 0) is 4.79 Å². The van der Waals surface area contributed by atoms with Crippen molar-refractivity contribution in [2.75, 3.05) is 20.6 Å². The van der Waals surface area contributed by atoms with E-state index in [9.17, 15) is 4.79 Å². The summed E-state index contributed by atoms with van der Waals surface area (Å²) in [6.45, 7) is 6.95. The van der Waals surface area contributed by atoms with Gasteiger partial charge in [0.15, 0.2) is 0 Å². The van der Waals surface area contributed by atoms with Crippen molar-refractivity contribution in [3.8, 4) is 0 Å². The third-order valence-electron chi connectivity index (χ3n) is 3.60. The Morgan fingerprint density at radius 2 is 2.00 bits per heavy atom. The number of nitrogens with zero attached hydrogens (tertiary/aromatic N) is 1. The highest BCUT2D eigenvalue weighted by Gasteiger charge is 2.44. The van der Waals surface area contributed by atoms with Crippen LogP contribution in [0.3, 0.4) is 0 Å². The first-order valence-corrected chi connectivity index (χ1v) is 6.49. The van der Waals surface area contributed by atoms with Crippen LogP contribution in [-0.4, -0.2) is 43.0 Å². The number of carbonyl (C=O) groups is 1. The maximum atomic E-state index is 12.2. The summed E-state index contributed by atoms with van der Waals surface area (Å²) in [5, 5.41) is 3.10. The summed E-state index contributed by atoms with van der Waals surface area (Å²) in [5.41, 5.74) is 5.42. The molecule has 0 heterocycles. The lowest BCUT2D eigenvalue weighted by Crippen LogP contribution is -2.58. The average molecular weight is 241 g/mol. The molecule has 1 amide bonds. The Labute approximate surface area is 105 Å². The first kappa shape index (κ1) is 14.5. The second-order valence-electron chi connectivity index (χ2n) is 6.14. The normalized spacial score (nSPS) is 21.4. The number of likely N-dealkylation sites (N-methyl/N-ethyl adjacent to an activating group) is 1. The lowest BCUT2D eigenvalue weighted by Gasteiger charge is -2.30. The molecule has 1 rings (SSSR count). The summed E-state index contributed by atoms with van der Waals surface area (Å²) < 4.78 is 0. The lowest BCUT2D eigenvalue weighted by atomic mass is 9.94. The molecule has 0 aromatic carbocycles. The maximum Gasteiger partial charge on any atom is 0.240 e. The van der Waals surface area contributed by atoms with Crippen molar-refractivity contribution in [2.24, 2.45) is 17.6 Å². The fourth-order valence-corrected chi connectivity index (χ4v) is 2.01. The van der Waals surface area contributed by atoms with Crippen LogP contribution < -0.4 is 11.1 Å². The number of carbonyl (C=O) groups excluding carboxylic acids is 1. The van der Waals surface area contributed by atoms with Gasteiger partial charge in [0.05, 0.1) is 5.54 Å². The first-order valence-electron chi connectivity index (χ1n) is 6.49. The molecular weight excluding hydrogens is 214 g/mol. The van der Waals surface area contributed by atoms with Gasteiger partial charge in [0, 0.05) is 12.6 Å². The molecule has 1 aliphatic carbocycles. The van der Waals surface area contributed by atoms with Crippen molar-refractivity contribution in [2.45, 2.75) is 45.2 Å². The SMILES string of the molecule is CC(C)C(CN(C)C)NC(=O)C(C)(N)C1CC1. The molecule has 2 atom stereocenters. The Balaban J connectivity index is 2.57. The molecule has 100 valence electrons. The van der Waals surface area contributed by atoms with Crippen LogP contribution in [0.2, 0.25) is 0 Å². The quantitative estimate of drug-likeness (QED) is 0.724. The van der Waals surface area contributed by atoms with Gasteiger partial charge in [-0.2, -0.15) is 0 Å². The molecule has 0 radical (unpaired) electrons. The van der Waals surface area contributed by atoms with Crippen LogP contribution in [0, 0.1) is 11.8 Å². The zero-order valence-corrected chi connectivity index (χ0v) is 11.8. The minimum atomic E-state index is -0.695. The predicted molar refractivity (Wildman–Crippen MR) is 70.6 cm³/mol. The summed E-state index contributed by atoms with van der Waals surface area (Å²) in [7, 11) is 4.04. The molecule has 0 aliphatic heterocycles. The van der Waals surface area contributed by atoms with Gasteiger partial charge in [0.1, 0.15) is 0 Å². The molecule has 1 aliphatic rings. The lowest BCUT2D eigenvalue weighted by molar-refractivity contribution is -0.127. The Morgan fingerprint density at radius 3 is 2.35 bits per heavy atom. The first-order chi connectivity index (χ1) is 7.75. The number of nitrogens with two attached hydrogens (primary N) is 1. The fourth-order valence-electron chi connectivity index (χ4n) is 2.01. The van der Waals surface area contributed by atoms with Gasteiger partial charge in [0.2, 0.25) is 5.91 Å². The van der Waals surface area contributed by atoms with E-state index < -0.39 is 5.54 Å². The highest BCUT2D eigenvalue weighted by Crippen LogP contribution is 2.38. The van der Waals surface area contributed by atoms with E-state index in [1.807, 2.05) is 21.0 Å². The highest BCUT2D eigenvalue weighted by atomic mass is 16.2. The average Bonchev–Trinajstić information content (AvgIpc) is 2.98. The van der Waals surface area contributed by atoms with E-state index in [0.717, 1.165) is 19.4 Å². The molecule has 1 saturated carbocycles. The molecule has 0 bridgehead atoms. The van der Waals surface area contributed by atoms with E-state index in [1.165, 1.54) is 0 Å². The van der Waals surface area contributed by atoms with Gasteiger partial charge in [-0.25, -0.2) is 0 Å². The van der Waals surface area contributed by atoms with Crippen molar-refractivity contribution < 1.29 is 4.79 Å². The Hall–Kier alpha value is -0.610. The van der Waals surface area contributed by atoms with Crippen LogP contribution in [0.15, 0.2) is 0 Å². The second kappa shape index (κ2) is 5.36. The smallest absolute Gasteiger partial charge is 0.240 e. The van der Waals surface area contributed by atoms with E-state index in [0.29, 0.717) is 11.8 Å². The van der Waals surface area contributed by atoms with Crippen LogP contribution in [0.4, 0.5) is 0 Å². The number of amides is 1. The Bertz CT molecular complexity index is 270. The van der Waals surface area contributed by atoms with Crippen molar-refractivity contribution >= 4 is 5.91 Å². The molecule has 0 aromatic rings. The minimum absolute atomic E-state index is 0.000509. The zero-order chi connectivity index (χ0) is 13.2. The van der Waals surface area contributed by atoms with Crippen molar-refractivity contribution in [3.63, 3.8) is 0 Å². The van der Waals surface area contributed by atoms with Crippen molar-refractivity contribution in [1.82, 2.24) is 10.2 Å². The summed E-state index contributed by atoms with van der Waals surface area (Å²) in [5.74, 6) is 0.784. The number of hydrogen-bond acceptors (Lipinski definition) is 3. The van der Waals surface area contributed by atoms with Gasteiger partial charge in [0.25, 0.3) is 0 Å². The van der Waals surface area contributed by atoms with Crippen LogP contribution in [0.25, 0.3) is 0 Å². The second-order valence-corrected chi connectivity index (χ2v) is 6.14. The van der Waals surface area contributed by atoms with E-state index in [1.54, 1.807) is 0 Å². The summed E-state index contributed by atoms with van der Waals surface area (Å²) >= 11 is 0. The molecule has 4 nitrogen and oxygen atoms in total. The van der Waals surface area contributed by atoms with Gasteiger partial charge in [-0.1, -0.05) is 13.8 Å². The van der Waals surface area contributed by atoms with Crippen molar-refractivity contribution in [3.05, 3.63) is 0 Å². The molecule has 0 aromatic heterocycles.